The Morgan fingerprint density at radius 3 is 2.67 bits per heavy atom. The largest absolute Gasteiger partial charge is 0.389 e. The van der Waals surface area contributed by atoms with E-state index in [1.54, 1.807) is 0 Å². The summed E-state index contributed by atoms with van der Waals surface area (Å²) in [6, 6.07) is 8.21. The lowest BCUT2D eigenvalue weighted by atomic mass is 10.1. The van der Waals surface area contributed by atoms with Crippen molar-refractivity contribution in [2.75, 3.05) is 13.2 Å². The number of aliphatic hydroxyl groups is 1. The van der Waals surface area contributed by atoms with Gasteiger partial charge in [0.1, 0.15) is 0 Å². The Balaban J connectivity index is 1.69. The van der Waals surface area contributed by atoms with Gasteiger partial charge in [0.15, 0.2) is 0 Å². The molecule has 3 nitrogen and oxygen atoms in total. The van der Waals surface area contributed by atoms with Gasteiger partial charge in [0.2, 0.25) is 0 Å². The molecule has 0 radical (unpaired) electrons. The third-order valence-electron chi connectivity index (χ3n) is 3.10. The van der Waals surface area contributed by atoms with Crippen LogP contribution in [0, 0.1) is 0 Å². The van der Waals surface area contributed by atoms with Gasteiger partial charge in [-0.2, -0.15) is 0 Å². The van der Waals surface area contributed by atoms with Crippen LogP contribution in [0.15, 0.2) is 24.3 Å². The fourth-order valence-corrected chi connectivity index (χ4v) is 1.86. The summed E-state index contributed by atoms with van der Waals surface area (Å²) in [7, 11) is 0. The Labute approximate surface area is 113 Å². The molecule has 0 heterocycles. The number of rotatable bonds is 7. The van der Waals surface area contributed by atoms with Gasteiger partial charge in [-0.05, 0) is 37.5 Å². The number of aliphatic hydroxyl groups excluding tert-OH is 1. The predicted octanol–water partition coefficient (Wildman–Crippen LogP) is 2.53. The second kappa shape index (κ2) is 6.53. The number of hydrogen-bond acceptors (Lipinski definition) is 3. The van der Waals surface area contributed by atoms with Gasteiger partial charge in [-0.25, -0.2) is 0 Å². The van der Waals surface area contributed by atoms with Crippen LogP contribution in [0.5, 0.6) is 0 Å². The number of nitrogens with one attached hydrogen (secondary N) is 1. The molecule has 1 aliphatic rings. The molecule has 1 fully saturated rings. The summed E-state index contributed by atoms with van der Waals surface area (Å²) in [5.74, 6) is 0. The first-order valence-corrected chi connectivity index (χ1v) is 6.81. The molecule has 0 amide bonds. The molecule has 1 saturated carbocycles. The zero-order valence-corrected chi connectivity index (χ0v) is 11.4. The molecule has 1 aromatic carbocycles. The van der Waals surface area contributed by atoms with Crippen molar-refractivity contribution in [1.82, 2.24) is 5.32 Å². The summed E-state index contributed by atoms with van der Waals surface area (Å²) in [5.41, 5.74) is 1.07. The number of hydrogen-bond donors (Lipinski definition) is 2. The Morgan fingerprint density at radius 2 is 2.06 bits per heavy atom. The van der Waals surface area contributed by atoms with E-state index in [0.29, 0.717) is 19.2 Å². The average Bonchev–Trinajstić information content (AvgIpc) is 3.18. The number of ether oxygens (including phenoxy) is 1. The molecule has 1 aliphatic carbocycles. The van der Waals surface area contributed by atoms with Crippen LogP contribution in [0.1, 0.15) is 31.4 Å². The van der Waals surface area contributed by atoms with E-state index in [1.165, 1.54) is 12.8 Å². The first-order chi connectivity index (χ1) is 8.65. The van der Waals surface area contributed by atoms with E-state index in [1.807, 2.05) is 31.2 Å². The lowest BCUT2D eigenvalue weighted by Gasteiger charge is -2.17. The highest BCUT2D eigenvalue weighted by Crippen LogP contribution is 2.20. The van der Waals surface area contributed by atoms with Gasteiger partial charge < -0.3 is 15.2 Å². The lowest BCUT2D eigenvalue weighted by Crippen LogP contribution is -2.31. The molecule has 0 bridgehead atoms. The van der Waals surface area contributed by atoms with Gasteiger partial charge in [-0.15, -0.1) is 0 Å². The van der Waals surface area contributed by atoms with Crippen molar-refractivity contribution >= 4 is 11.6 Å². The van der Waals surface area contributed by atoms with E-state index in [9.17, 15) is 5.11 Å². The van der Waals surface area contributed by atoms with Gasteiger partial charge in [0.05, 0.1) is 18.8 Å². The molecule has 0 saturated heterocycles. The van der Waals surface area contributed by atoms with Crippen LogP contribution in [0.2, 0.25) is 5.02 Å². The van der Waals surface area contributed by atoms with Gasteiger partial charge in [0, 0.05) is 17.6 Å². The van der Waals surface area contributed by atoms with Crippen molar-refractivity contribution in [3.8, 4) is 0 Å². The second-order valence-electron chi connectivity index (χ2n) is 4.86. The van der Waals surface area contributed by atoms with Crippen molar-refractivity contribution in [2.24, 2.45) is 0 Å². The molecule has 0 spiro atoms. The Hall–Kier alpha value is -0.610. The molecule has 18 heavy (non-hydrogen) atoms. The van der Waals surface area contributed by atoms with E-state index >= 15 is 0 Å². The molecule has 4 heteroatoms. The van der Waals surface area contributed by atoms with E-state index in [2.05, 4.69) is 5.32 Å². The van der Waals surface area contributed by atoms with Gasteiger partial charge in [-0.3, -0.25) is 0 Å². The first kappa shape index (κ1) is 13.8. The molecule has 100 valence electrons. The standard InChI is InChI=1S/C14H20ClNO2/c1-10(11-2-4-12(15)5-3-11)18-9-14(17)8-16-13-6-7-13/h2-5,10,13-14,16-17H,6-9H2,1H3/t10-,14-/m0/s1. The minimum absolute atomic E-state index is 0.0298. The third kappa shape index (κ3) is 4.58. The summed E-state index contributed by atoms with van der Waals surface area (Å²) < 4.78 is 5.65. The lowest BCUT2D eigenvalue weighted by molar-refractivity contribution is -0.00212. The average molecular weight is 270 g/mol. The van der Waals surface area contributed by atoms with Crippen molar-refractivity contribution in [3.63, 3.8) is 0 Å². The maximum Gasteiger partial charge on any atom is 0.0898 e. The molecule has 0 aromatic heterocycles. The van der Waals surface area contributed by atoms with Crippen LogP contribution in [0.3, 0.4) is 0 Å². The maximum atomic E-state index is 9.76. The van der Waals surface area contributed by atoms with Crippen molar-refractivity contribution < 1.29 is 9.84 Å². The van der Waals surface area contributed by atoms with Crippen LogP contribution < -0.4 is 5.32 Å². The fourth-order valence-electron chi connectivity index (χ4n) is 1.73. The van der Waals surface area contributed by atoms with Gasteiger partial charge >= 0.3 is 0 Å². The summed E-state index contributed by atoms with van der Waals surface area (Å²) in [5, 5.41) is 13.8. The van der Waals surface area contributed by atoms with E-state index in [0.717, 1.165) is 10.6 Å². The Bertz CT molecular complexity index is 365. The monoisotopic (exact) mass is 269 g/mol. The number of halogens is 1. The maximum absolute atomic E-state index is 9.76. The molecule has 2 rings (SSSR count). The summed E-state index contributed by atoms with van der Waals surface area (Å²) in [6.45, 7) is 2.94. The molecule has 1 aromatic rings. The summed E-state index contributed by atoms with van der Waals surface area (Å²) in [4.78, 5) is 0. The van der Waals surface area contributed by atoms with Crippen molar-refractivity contribution in [1.29, 1.82) is 0 Å². The van der Waals surface area contributed by atoms with Crippen LogP contribution in [-0.2, 0) is 4.74 Å². The minimum Gasteiger partial charge on any atom is -0.389 e. The highest BCUT2D eigenvalue weighted by molar-refractivity contribution is 6.30. The highest BCUT2D eigenvalue weighted by atomic mass is 35.5. The first-order valence-electron chi connectivity index (χ1n) is 6.43. The Morgan fingerprint density at radius 1 is 1.39 bits per heavy atom. The van der Waals surface area contributed by atoms with Crippen LogP contribution in [-0.4, -0.2) is 30.4 Å². The minimum atomic E-state index is -0.444. The molecule has 2 N–H and O–H groups in total. The van der Waals surface area contributed by atoms with E-state index < -0.39 is 6.10 Å². The smallest absolute Gasteiger partial charge is 0.0898 e. The summed E-state index contributed by atoms with van der Waals surface area (Å²) in [6.07, 6.45) is 1.99. The van der Waals surface area contributed by atoms with Crippen LogP contribution in [0.25, 0.3) is 0 Å². The van der Waals surface area contributed by atoms with Crippen LogP contribution in [0.4, 0.5) is 0 Å². The zero-order valence-electron chi connectivity index (χ0n) is 10.6. The van der Waals surface area contributed by atoms with E-state index in [4.69, 9.17) is 16.3 Å². The Kier molecular flexibility index (Phi) is 5.01. The van der Waals surface area contributed by atoms with Gasteiger partial charge in [-0.1, -0.05) is 23.7 Å². The SMILES string of the molecule is C[C@H](OC[C@@H](O)CNC1CC1)c1ccc(Cl)cc1. The third-order valence-corrected chi connectivity index (χ3v) is 3.35. The predicted molar refractivity (Wildman–Crippen MR) is 72.9 cm³/mol. The quantitative estimate of drug-likeness (QED) is 0.799. The normalized spacial score (nSPS) is 18.6. The number of benzene rings is 1. The molecular formula is C14H20ClNO2. The van der Waals surface area contributed by atoms with Crippen LogP contribution >= 0.6 is 11.6 Å². The molecular weight excluding hydrogens is 250 g/mol. The molecule has 0 aliphatic heterocycles. The van der Waals surface area contributed by atoms with Crippen molar-refractivity contribution in [3.05, 3.63) is 34.9 Å². The molecule has 2 atom stereocenters. The second-order valence-corrected chi connectivity index (χ2v) is 5.30. The van der Waals surface area contributed by atoms with Gasteiger partial charge in [0.25, 0.3) is 0 Å². The highest BCUT2D eigenvalue weighted by Gasteiger charge is 2.21. The van der Waals surface area contributed by atoms with E-state index in [-0.39, 0.29) is 6.10 Å². The van der Waals surface area contributed by atoms with Crippen molar-refractivity contribution in [2.45, 2.75) is 38.0 Å². The zero-order chi connectivity index (χ0) is 13.0. The summed E-state index contributed by atoms with van der Waals surface area (Å²) >= 11 is 5.83. The fraction of sp³-hybridized carbons (Fsp3) is 0.571. The molecule has 0 unspecified atom stereocenters. The topological polar surface area (TPSA) is 41.5 Å².